The zero-order chi connectivity index (χ0) is 18.2. The van der Waals surface area contributed by atoms with E-state index in [0.717, 1.165) is 4.88 Å². The van der Waals surface area contributed by atoms with Crippen molar-refractivity contribution in [1.29, 1.82) is 0 Å². The normalized spacial score (nSPS) is 10.3. The van der Waals surface area contributed by atoms with E-state index < -0.39 is 0 Å². The Hall–Kier alpha value is -2.54. The number of nitrogens with zero attached hydrogens (tertiary/aromatic N) is 1. The van der Waals surface area contributed by atoms with Gasteiger partial charge in [-0.1, -0.05) is 0 Å². The molecular weight excluding hydrogens is 340 g/mol. The van der Waals surface area contributed by atoms with Crippen LogP contribution in [0.4, 0.5) is 5.69 Å². The number of carbonyl (C=O) groups excluding carboxylic acids is 3. The quantitative estimate of drug-likeness (QED) is 0.693. The predicted molar refractivity (Wildman–Crippen MR) is 96.3 cm³/mol. The molecule has 0 fully saturated rings. The van der Waals surface area contributed by atoms with Gasteiger partial charge in [0.2, 0.25) is 11.8 Å². The highest BCUT2D eigenvalue weighted by atomic mass is 32.1. The topological polar surface area (TPSA) is 85.4 Å². The summed E-state index contributed by atoms with van der Waals surface area (Å²) < 4.78 is 5.05. The van der Waals surface area contributed by atoms with E-state index in [1.54, 1.807) is 24.4 Å². The third-order valence-corrected chi connectivity index (χ3v) is 4.56. The smallest absolute Gasteiger partial charge is 0.237 e. The van der Waals surface area contributed by atoms with Crippen molar-refractivity contribution in [3.63, 3.8) is 0 Å². The first kappa shape index (κ1) is 18.8. The van der Waals surface area contributed by atoms with Crippen LogP contribution in [0.1, 0.15) is 40.2 Å². The third-order valence-electron chi connectivity index (χ3n) is 3.52. The maximum Gasteiger partial charge on any atom is 0.237 e. The van der Waals surface area contributed by atoms with E-state index in [4.69, 9.17) is 4.74 Å². The first-order chi connectivity index (χ1) is 12.0. The van der Waals surface area contributed by atoms with Gasteiger partial charge >= 0.3 is 0 Å². The number of aromatic nitrogens is 1. The van der Waals surface area contributed by atoms with Crippen LogP contribution in [0.5, 0.6) is 5.88 Å². The van der Waals surface area contributed by atoms with E-state index in [0.29, 0.717) is 16.4 Å². The maximum absolute atomic E-state index is 12.0. The van der Waals surface area contributed by atoms with Crippen molar-refractivity contribution in [1.82, 2.24) is 4.98 Å². The van der Waals surface area contributed by atoms with Crippen molar-refractivity contribution >= 4 is 34.5 Å². The first-order valence-corrected chi connectivity index (χ1v) is 8.71. The predicted octanol–water partition coefficient (Wildman–Crippen LogP) is 3.41. The van der Waals surface area contributed by atoms with E-state index in [9.17, 15) is 14.4 Å². The highest BCUT2D eigenvalue weighted by molar-refractivity contribution is 7.14. The Bertz CT molecular complexity index is 770. The molecule has 1 N–H and O–H groups in total. The molecule has 0 aliphatic rings. The third kappa shape index (κ3) is 5.79. The van der Waals surface area contributed by atoms with Crippen LogP contribution in [0.2, 0.25) is 0 Å². The van der Waals surface area contributed by atoms with Crippen LogP contribution in [-0.4, -0.2) is 29.6 Å². The van der Waals surface area contributed by atoms with Crippen LogP contribution in [0.3, 0.4) is 0 Å². The lowest BCUT2D eigenvalue weighted by Crippen LogP contribution is -2.14. The van der Waals surface area contributed by atoms with Gasteiger partial charge in [0.1, 0.15) is 11.5 Å². The van der Waals surface area contributed by atoms with E-state index in [-0.39, 0.29) is 43.2 Å². The number of amides is 1. The van der Waals surface area contributed by atoms with E-state index in [1.165, 1.54) is 18.4 Å². The van der Waals surface area contributed by atoms with Crippen molar-refractivity contribution in [2.24, 2.45) is 0 Å². The summed E-state index contributed by atoms with van der Waals surface area (Å²) in [6.07, 6.45) is 2.05. The Morgan fingerprint density at radius 3 is 2.56 bits per heavy atom. The summed E-state index contributed by atoms with van der Waals surface area (Å²) in [5.41, 5.74) is 0.464. The lowest BCUT2D eigenvalue weighted by atomic mass is 10.1. The minimum atomic E-state index is -0.292. The van der Waals surface area contributed by atoms with Crippen molar-refractivity contribution in [2.75, 3.05) is 12.4 Å². The number of hydrogen-bond acceptors (Lipinski definition) is 6. The van der Waals surface area contributed by atoms with Gasteiger partial charge in [-0.2, -0.15) is 0 Å². The highest BCUT2D eigenvalue weighted by Gasteiger charge is 2.13. The molecule has 2 rings (SSSR count). The number of anilines is 1. The standard InChI is InChI=1S/C18H20N2O4S/c1-12-5-9-16(25-12)15(22)8-6-13(21)7-10-17(23)20-14-4-3-11-19-18(14)24-2/h3-5,9,11H,6-8,10H2,1-2H3,(H,20,23). The van der Waals surface area contributed by atoms with Gasteiger partial charge < -0.3 is 10.1 Å². The van der Waals surface area contributed by atoms with Gasteiger partial charge in [-0.25, -0.2) is 4.98 Å². The fourth-order valence-electron chi connectivity index (χ4n) is 2.20. The van der Waals surface area contributed by atoms with Crippen LogP contribution in [-0.2, 0) is 9.59 Å². The number of ketones is 2. The molecule has 25 heavy (non-hydrogen) atoms. The average molecular weight is 360 g/mol. The first-order valence-electron chi connectivity index (χ1n) is 7.90. The molecule has 2 heterocycles. The molecule has 0 aromatic carbocycles. The fourth-order valence-corrected chi connectivity index (χ4v) is 3.03. The van der Waals surface area contributed by atoms with E-state index >= 15 is 0 Å². The number of nitrogens with one attached hydrogen (secondary N) is 1. The number of rotatable bonds is 9. The van der Waals surface area contributed by atoms with Crippen LogP contribution >= 0.6 is 11.3 Å². The molecule has 0 atom stereocenters. The molecule has 0 bridgehead atoms. The summed E-state index contributed by atoms with van der Waals surface area (Å²) in [5.74, 6) is -0.107. The molecule has 0 saturated carbocycles. The number of pyridine rings is 1. The molecule has 0 spiro atoms. The molecule has 132 valence electrons. The molecule has 0 aliphatic carbocycles. The van der Waals surface area contributed by atoms with Gasteiger partial charge in [0, 0.05) is 36.8 Å². The second kappa shape index (κ2) is 9.08. The van der Waals surface area contributed by atoms with Gasteiger partial charge in [0.05, 0.1) is 12.0 Å². The summed E-state index contributed by atoms with van der Waals surface area (Å²) >= 11 is 1.43. The molecule has 0 unspecified atom stereocenters. The van der Waals surface area contributed by atoms with Gasteiger partial charge in [0.25, 0.3) is 0 Å². The maximum atomic E-state index is 12.0. The highest BCUT2D eigenvalue weighted by Crippen LogP contribution is 2.20. The molecule has 6 nitrogen and oxygen atoms in total. The summed E-state index contributed by atoms with van der Waals surface area (Å²) in [6, 6.07) is 7.02. The lowest BCUT2D eigenvalue weighted by molar-refractivity contribution is -0.122. The second-order valence-corrected chi connectivity index (χ2v) is 6.77. The van der Waals surface area contributed by atoms with Crippen LogP contribution in [0.15, 0.2) is 30.5 Å². The molecule has 7 heteroatoms. The Kier molecular flexibility index (Phi) is 6.82. The van der Waals surface area contributed by atoms with E-state index in [1.807, 2.05) is 13.0 Å². The van der Waals surface area contributed by atoms with Gasteiger partial charge in [-0.05, 0) is 31.2 Å². The zero-order valence-corrected chi connectivity index (χ0v) is 15.0. The summed E-state index contributed by atoms with van der Waals surface area (Å²) in [6.45, 7) is 1.93. The number of carbonyl (C=O) groups is 3. The van der Waals surface area contributed by atoms with Gasteiger partial charge in [-0.3, -0.25) is 14.4 Å². The molecule has 0 aliphatic heterocycles. The summed E-state index contributed by atoms with van der Waals surface area (Å²) in [5, 5.41) is 2.67. The summed E-state index contributed by atoms with van der Waals surface area (Å²) in [7, 11) is 1.47. The molecule has 2 aromatic rings. The number of hydrogen-bond donors (Lipinski definition) is 1. The Balaban J connectivity index is 1.74. The van der Waals surface area contributed by atoms with Gasteiger partial charge in [-0.15, -0.1) is 11.3 Å². The Morgan fingerprint density at radius 2 is 1.88 bits per heavy atom. The average Bonchev–Trinajstić information content (AvgIpc) is 3.05. The Labute approximate surface area is 150 Å². The molecule has 0 radical (unpaired) electrons. The number of methoxy groups -OCH3 is 1. The van der Waals surface area contributed by atoms with Crippen LogP contribution in [0.25, 0.3) is 0 Å². The SMILES string of the molecule is COc1ncccc1NC(=O)CCC(=O)CCC(=O)c1ccc(C)s1. The lowest BCUT2D eigenvalue weighted by Gasteiger charge is -2.08. The molecule has 2 aromatic heterocycles. The molecule has 0 saturated heterocycles. The minimum Gasteiger partial charge on any atom is -0.480 e. The van der Waals surface area contributed by atoms with Crippen molar-refractivity contribution < 1.29 is 19.1 Å². The number of aryl methyl sites for hydroxylation is 1. The van der Waals surface area contributed by atoms with Gasteiger partial charge in [0.15, 0.2) is 5.78 Å². The monoisotopic (exact) mass is 360 g/mol. The molecular formula is C18H20N2O4S. The van der Waals surface area contributed by atoms with Crippen LogP contribution in [0, 0.1) is 6.92 Å². The zero-order valence-electron chi connectivity index (χ0n) is 14.2. The largest absolute Gasteiger partial charge is 0.480 e. The minimum absolute atomic E-state index is 0.0315. The number of ether oxygens (including phenoxy) is 1. The fraction of sp³-hybridized carbons (Fsp3) is 0.333. The van der Waals surface area contributed by atoms with Crippen molar-refractivity contribution in [3.05, 3.63) is 40.2 Å². The number of Topliss-reactive ketones (excluding diaryl/α,β-unsaturated/α-hetero) is 2. The van der Waals surface area contributed by atoms with Crippen LogP contribution < -0.4 is 10.1 Å². The molecule has 1 amide bonds. The van der Waals surface area contributed by atoms with Crippen molar-refractivity contribution in [2.45, 2.75) is 32.6 Å². The Morgan fingerprint density at radius 1 is 1.12 bits per heavy atom. The second-order valence-electron chi connectivity index (χ2n) is 5.48. The number of thiophene rings is 1. The van der Waals surface area contributed by atoms with Crippen molar-refractivity contribution in [3.8, 4) is 5.88 Å². The summed E-state index contributed by atoms with van der Waals surface area (Å²) in [4.78, 5) is 41.5. The van der Waals surface area contributed by atoms with E-state index in [2.05, 4.69) is 10.3 Å².